The fourth-order valence-electron chi connectivity index (χ4n) is 1.92. The van der Waals surface area contributed by atoms with Crippen LogP contribution in [0.2, 0.25) is 0 Å². The molecule has 0 aromatic carbocycles. The van der Waals surface area contributed by atoms with Crippen molar-refractivity contribution in [3.63, 3.8) is 0 Å². The normalized spacial score (nSPS) is 17.4. The van der Waals surface area contributed by atoms with Gasteiger partial charge < -0.3 is 10.0 Å². The van der Waals surface area contributed by atoms with Gasteiger partial charge in [0.15, 0.2) is 0 Å². The molecule has 2 heterocycles. The minimum absolute atomic E-state index is 0.172. The van der Waals surface area contributed by atoms with Crippen molar-refractivity contribution in [2.24, 2.45) is 0 Å². The molecule has 17 heavy (non-hydrogen) atoms. The summed E-state index contributed by atoms with van der Waals surface area (Å²) in [5.74, 6) is -0.172. The van der Waals surface area contributed by atoms with Gasteiger partial charge in [-0.2, -0.15) is 0 Å². The maximum Gasteiger partial charge on any atom is 0.248 e. The van der Waals surface area contributed by atoms with Gasteiger partial charge in [-0.15, -0.1) is 11.3 Å². The largest absolute Gasteiger partial charge is 0.387 e. The molecule has 0 unspecified atom stereocenters. The molecule has 1 saturated heterocycles. The Bertz CT molecular complexity index is 386. The van der Waals surface area contributed by atoms with Crippen molar-refractivity contribution in [1.29, 1.82) is 0 Å². The number of nitrogens with zero attached hydrogens (tertiary/aromatic N) is 3. The molecule has 2 rings (SSSR count). The van der Waals surface area contributed by atoms with E-state index in [1.165, 1.54) is 0 Å². The van der Waals surface area contributed by atoms with Crippen molar-refractivity contribution in [2.45, 2.75) is 13.5 Å². The van der Waals surface area contributed by atoms with Gasteiger partial charge in [-0.05, 0) is 6.92 Å². The third-order valence-electron chi connectivity index (χ3n) is 2.89. The highest BCUT2D eigenvalue weighted by atomic mass is 32.1. The minimum atomic E-state index is -0.383. The number of hydrogen-bond donors (Lipinski definition) is 1. The molecule has 1 aliphatic heterocycles. The van der Waals surface area contributed by atoms with Crippen LogP contribution in [-0.2, 0) is 11.3 Å². The van der Waals surface area contributed by atoms with Gasteiger partial charge in [0.2, 0.25) is 5.91 Å². The summed E-state index contributed by atoms with van der Waals surface area (Å²) < 4.78 is 0. The predicted molar refractivity (Wildman–Crippen MR) is 65.8 cm³/mol. The van der Waals surface area contributed by atoms with E-state index in [-0.39, 0.29) is 12.5 Å². The van der Waals surface area contributed by atoms with E-state index in [0.717, 1.165) is 30.3 Å². The maximum atomic E-state index is 11.3. The molecular weight excluding hydrogens is 238 g/mol. The van der Waals surface area contributed by atoms with Crippen LogP contribution in [0.3, 0.4) is 0 Å². The number of piperazine rings is 1. The van der Waals surface area contributed by atoms with E-state index in [0.29, 0.717) is 13.1 Å². The molecule has 6 heteroatoms. The third-order valence-corrected chi connectivity index (χ3v) is 3.84. The molecule has 0 aliphatic carbocycles. The molecule has 0 bridgehead atoms. The number of aryl methyl sites for hydroxylation is 1. The van der Waals surface area contributed by atoms with E-state index in [1.54, 1.807) is 16.2 Å². The lowest BCUT2D eigenvalue weighted by Crippen LogP contribution is -2.49. The molecule has 1 fully saturated rings. The first kappa shape index (κ1) is 12.5. The van der Waals surface area contributed by atoms with Crippen LogP contribution in [0.5, 0.6) is 0 Å². The summed E-state index contributed by atoms with van der Waals surface area (Å²) in [5, 5.41) is 12.0. The van der Waals surface area contributed by atoms with Crippen molar-refractivity contribution in [3.05, 3.63) is 16.1 Å². The second kappa shape index (κ2) is 5.57. The second-order valence-electron chi connectivity index (χ2n) is 4.20. The topological polar surface area (TPSA) is 56.7 Å². The third kappa shape index (κ3) is 3.24. The summed E-state index contributed by atoms with van der Waals surface area (Å²) in [7, 11) is 0. The zero-order valence-corrected chi connectivity index (χ0v) is 10.7. The summed E-state index contributed by atoms with van der Waals surface area (Å²) in [4.78, 5) is 19.7. The second-order valence-corrected chi connectivity index (χ2v) is 5.14. The van der Waals surface area contributed by atoms with Crippen LogP contribution >= 0.6 is 11.3 Å². The molecule has 0 saturated carbocycles. The quantitative estimate of drug-likeness (QED) is 0.831. The average Bonchev–Trinajstić information content (AvgIpc) is 2.75. The van der Waals surface area contributed by atoms with E-state index in [4.69, 9.17) is 5.11 Å². The Morgan fingerprint density at radius 2 is 2.18 bits per heavy atom. The molecular formula is C11H17N3O2S. The van der Waals surface area contributed by atoms with Crippen molar-refractivity contribution < 1.29 is 9.90 Å². The van der Waals surface area contributed by atoms with Gasteiger partial charge in [0.05, 0.1) is 6.54 Å². The van der Waals surface area contributed by atoms with Gasteiger partial charge in [0.25, 0.3) is 0 Å². The highest BCUT2D eigenvalue weighted by molar-refractivity contribution is 7.09. The lowest BCUT2D eigenvalue weighted by molar-refractivity contribution is -0.135. The zero-order valence-electron chi connectivity index (χ0n) is 9.93. The first-order chi connectivity index (χ1) is 8.19. The average molecular weight is 255 g/mol. The molecule has 1 aliphatic rings. The van der Waals surface area contributed by atoms with Crippen LogP contribution in [0.4, 0.5) is 0 Å². The lowest BCUT2D eigenvalue weighted by Gasteiger charge is -2.33. The molecule has 1 aromatic rings. The molecule has 0 radical (unpaired) electrons. The Morgan fingerprint density at radius 1 is 1.47 bits per heavy atom. The van der Waals surface area contributed by atoms with Crippen molar-refractivity contribution in [1.82, 2.24) is 14.8 Å². The fraction of sp³-hybridized carbons (Fsp3) is 0.636. The Hall–Kier alpha value is -0.980. The smallest absolute Gasteiger partial charge is 0.248 e. The molecule has 0 spiro atoms. The highest BCUT2D eigenvalue weighted by Crippen LogP contribution is 2.13. The number of carbonyl (C=O) groups excluding carboxylic acids is 1. The van der Waals surface area contributed by atoms with Gasteiger partial charge in [-0.1, -0.05) is 0 Å². The molecule has 0 atom stereocenters. The number of carbonyl (C=O) groups is 1. The lowest BCUT2D eigenvalue weighted by atomic mass is 10.3. The van der Waals surface area contributed by atoms with Crippen molar-refractivity contribution in [3.8, 4) is 0 Å². The molecule has 1 amide bonds. The van der Waals surface area contributed by atoms with E-state index in [1.807, 2.05) is 6.92 Å². The van der Waals surface area contributed by atoms with E-state index in [9.17, 15) is 4.79 Å². The van der Waals surface area contributed by atoms with E-state index < -0.39 is 0 Å². The molecule has 1 aromatic heterocycles. The van der Waals surface area contributed by atoms with Crippen LogP contribution in [0.1, 0.15) is 10.7 Å². The standard InChI is InChI=1S/C11H17N3O2S/c1-9-8-17-10(12-9)6-13-2-4-14(5-3-13)11(16)7-15/h8,15H,2-7H2,1H3. The number of thiazole rings is 1. The SMILES string of the molecule is Cc1csc(CN2CCN(C(=O)CO)CC2)n1. The Kier molecular flexibility index (Phi) is 4.09. The van der Waals surface area contributed by atoms with E-state index >= 15 is 0 Å². The summed E-state index contributed by atoms with van der Waals surface area (Å²) >= 11 is 1.68. The Balaban J connectivity index is 1.81. The minimum Gasteiger partial charge on any atom is -0.387 e. The van der Waals surface area contributed by atoms with Crippen molar-refractivity contribution in [2.75, 3.05) is 32.8 Å². The summed E-state index contributed by atoms with van der Waals surface area (Å²) in [6, 6.07) is 0. The van der Waals surface area contributed by atoms with Gasteiger partial charge >= 0.3 is 0 Å². The Labute approximate surface area is 105 Å². The monoisotopic (exact) mass is 255 g/mol. The van der Waals surface area contributed by atoms with Gasteiger partial charge in [0.1, 0.15) is 11.6 Å². The zero-order chi connectivity index (χ0) is 12.3. The Morgan fingerprint density at radius 3 is 2.71 bits per heavy atom. The summed E-state index contributed by atoms with van der Waals surface area (Å²) in [6.45, 7) is 5.57. The van der Waals surface area contributed by atoms with Gasteiger partial charge in [0, 0.05) is 37.3 Å². The van der Waals surface area contributed by atoms with Crippen LogP contribution in [0, 0.1) is 6.92 Å². The number of hydrogen-bond acceptors (Lipinski definition) is 5. The van der Waals surface area contributed by atoms with Crippen molar-refractivity contribution >= 4 is 17.2 Å². The predicted octanol–water partition coefficient (Wildman–Crippen LogP) is 0.0880. The van der Waals surface area contributed by atoms with Gasteiger partial charge in [-0.25, -0.2) is 4.98 Å². The first-order valence-electron chi connectivity index (χ1n) is 5.71. The maximum absolute atomic E-state index is 11.3. The van der Waals surface area contributed by atoms with Crippen LogP contribution < -0.4 is 0 Å². The number of aliphatic hydroxyl groups is 1. The van der Waals surface area contributed by atoms with Crippen LogP contribution in [-0.4, -0.2) is 58.6 Å². The van der Waals surface area contributed by atoms with E-state index in [2.05, 4.69) is 15.3 Å². The van der Waals surface area contributed by atoms with Crippen LogP contribution in [0.15, 0.2) is 5.38 Å². The van der Waals surface area contributed by atoms with Crippen LogP contribution in [0.25, 0.3) is 0 Å². The molecule has 94 valence electrons. The molecule has 1 N–H and O–H groups in total. The number of amides is 1. The number of aromatic nitrogens is 1. The number of rotatable bonds is 3. The highest BCUT2D eigenvalue weighted by Gasteiger charge is 2.20. The summed E-state index contributed by atoms with van der Waals surface area (Å²) in [6.07, 6.45) is 0. The van der Waals surface area contributed by atoms with Gasteiger partial charge in [-0.3, -0.25) is 9.69 Å². The fourth-order valence-corrected chi connectivity index (χ4v) is 2.74. The summed E-state index contributed by atoms with van der Waals surface area (Å²) in [5.41, 5.74) is 1.07. The number of aliphatic hydroxyl groups excluding tert-OH is 1. The first-order valence-corrected chi connectivity index (χ1v) is 6.59. The molecule has 5 nitrogen and oxygen atoms in total.